The minimum absolute atomic E-state index is 0.172. The predicted octanol–water partition coefficient (Wildman–Crippen LogP) is 0.234. The molecule has 1 aliphatic carbocycles. The molecule has 1 aliphatic rings. The van der Waals surface area contributed by atoms with Gasteiger partial charge >= 0.3 is 6.01 Å². The maximum Gasteiger partial charge on any atom is 0.322 e. The van der Waals surface area contributed by atoms with Crippen molar-refractivity contribution in [2.24, 2.45) is 5.73 Å². The Morgan fingerprint density at radius 1 is 1.57 bits per heavy atom. The molecular weight excluding hydrogens is 184 g/mol. The molecule has 2 rings (SSSR count). The number of carbonyl (C=O) groups is 1. The largest absolute Gasteiger partial charge is 0.408 e. The Labute approximate surface area is 80.9 Å². The van der Waals surface area contributed by atoms with E-state index in [1.807, 2.05) is 0 Å². The summed E-state index contributed by atoms with van der Waals surface area (Å²) in [6.45, 7) is 0.315. The molecule has 1 saturated carbocycles. The summed E-state index contributed by atoms with van der Waals surface area (Å²) in [7, 11) is 0. The second-order valence-corrected chi connectivity index (χ2v) is 3.31. The first-order chi connectivity index (χ1) is 6.79. The molecule has 0 unspecified atom stereocenters. The minimum atomic E-state index is -0.196. The number of hydrogen-bond acceptors (Lipinski definition) is 5. The van der Waals surface area contributed by atoms with E-state index in [1.54, 1.807) is 0 Å². The van der Waals surface area contributed by atoms with Crippen molar-refractivity contribution in [1.29, 1.82) is 0 Å². The van der Waals surface area contributed by atoms with Crippen molar-refractivity contribution in [3.8, 4) is 0 Å². The van der Waals surface area contributed by atoms with Gasteiger partial charge in [-0.25, -0.2) is 0 Å². The SMILES string of the molecule is NCCC(=O)Nc1nnc(C2CC2)o1. The monoisotopic (exact) mass is 196 g/mol. The van der Waals surface area contributed by atoms with E-state index in [0.29, 0.717) is 18.4 Å². The van der Waals surface area contributed by atoms with E-state index in [-0.39, 0.29) is 18.3 Å². The Kier molecular flexibility index (Phi) is 2.45. The Bertz CT molecular complexity index is 332. The summed E-state index contributed by atoms with van der Waals surface area (Å²) in [4.78, 5) is 11.1. The lowest BCUT2D eigenvalue weighted by Crippen LogP contribution is -2.16. The van der Waals surface area contributed by atoms with Gasteiger partial charge in [0.15, 0.2) is 0 Å². The highest BCUT2D eigenvalue weighted by atomic mass is 16.4. The zero-order chi connectivity index (χ0) is 9.97. The molecule has 0 saturated heterocycles. The molecule has 1 aromatic heterocycles. The minimum Gasteiger partial charge on any atom is -0.408 e. The summed E-state index contributed by atoms with van der Waals surface area (Å²) < 4.78 is 5.23. The van der Waals surface area contributed by atoms with Crippen LogP contribution in [0.15, 0.2) is 4.42 Å². The van der Waals surface area contributed by atoms with Crippen LogP contribution in [0.25, 0.3) is 0 Å². The molecule has 76 valence electrons. The van der Waals surface area contributed by atoms with Crippen molar-refractivity contribution < 1.29 is 9.21 Å². The highest BCUT2D eigenvalue weighted by molar-refractivity contribution is 5.88. The fraction of sp³-hybridized carbons (Fsp3) is 0.625. The van der Waals surface area contributed by atoms with Crippen LogP contribution < -0.4 is 11.1 Å². The fourth-order valence-electron chi connectivity index (χ4n) is 1.09. The smallest absolute Gasteiger partial charge is 0.322 e. The van der Waals surface area contributed by atoms with E-state index in [1.165, 1.54) is 0 Å². The van der Waals surface area contributed by atoms with Crippen molar-refractivity contribution in [2.45, 2.75) is 25.2 Å². The molecule has 0 radical (unpaired) electrons. The quantitative estimate of drug-likeness (QED) is 0.719. The van der Waals surface area contributed by atoms with E-state index in [9.17, 15) is 4.79 Å². The topological polar surface area (TPSA) is 94.0 Å². The van der Waals surface area contributed by atoms with Gasteiger partial charge in [-0.3, -0.25) is 10.1 Å². The predicted molar refractivity (Wildman–Crippen MR) is 48.6 cm³/mol. The summed E-state index contributed by atoms with van der Waals surface area (Å²) >= 11 is 0. The van der Waals surface area contributed by atoms with Crippen molar-refractivity contribution in [1.82, 2.24) is 10.2 Å². The molecule has 14 heavy (non-hydrogen) atoms. The maximum atomic E-state index is 11.1. The number of amides is 1. The van der Waals surface area contributed by atoms with Crippen LogP contribution in [0.2, 0.25) is 0 Å². The molecule has 3 N–H and O–H groups in total. The second kappa shape index (κ2) is 3.75. The number of nitrogens with two attached hydrogens (primary N) is 1. The lowest BCUT2D eigenvalue weighted by molar-refractivity contribution is -0.116. The van der Waals surface area contributed by atoms with E-state index < -0.39 is 0 Å². The Morgan fingerprint density at radius 2 is 2.36 bits per heavy atom. The third-order valence-corrected chi connectivity index (χ3v) is 1.98. The van der Waals surface area contributed by atoms with Crippen LogP contribution in [0.1, 0.15) is 31.1 Å². The second-order valence-electron chi connectivity index (χ2n) is 3.31. The molecular formula is C8H12N4O2. The lowest BCUT2D eigenvalue weighted by atomic mass is 10.4. The highest BCUT2D eigenvalue weighted by Crippen LogP contribution is 2.39. The van der Waals surface area contributed by atoms with E-state index in [2.05, 4.69) is 15.5 Å². The first kappa shape index (κ1) is 9.14. The van der Waals surface area contributed by atoms with Crippen LogP contribution in [-0.4, -0.2) is 22.6 Å². The zero-order valence-corrected chi connectivity index (χ0v) is 7.69. The van der Waals surface area contributed by atoms with Crippen molar-refractivity contribution >= 4 is 11.9 Å². The van der Waals surface area contributed by atoms with Gasteiger partial charge in [-0.1, -0.05) is 5.10 Å². The summed E-state index contributed by atoms with van der Waals surface area (Å²) in [5.41, 5.74) is 5.22. The molecule has 1 amide bonds. The number of aromatic nitrogens is 2. The maximum absolute atomic E-state index is 11.1. The number of rotatable bonds is 4. The number of nitrogens with zero attached hydrogens (tertiary/aromatic N) is 2. The van der Waals surface area contributed by atoms with Gasteiger partial charge < -0.3 is 10.2 Å². The summed E-state index contributed by atoms with van der Waals surface area (Å²) in [6.07, 6.45) is 2.46. The van der Waals surface area contributed by atoms with Crippen LogP contribution in [0, 0.1) is 0 Å². The standard InChI is InChI=1S/C8H12N4O2/c9-4-3-6(13)10-8-12-11-7(14-8)5-1-2-5/h5H,1-4,9H2,(H,10,12,13). The van der Waals surface area contributed by atoms with Crippen LogP contribution in [-0.2, 0) is 4.79 Å². The third kappa shape index (κ3) is 2.08. The van der Waals surface area contributed by atoms with E-state index >= 15 is 0 Å². The van der Waals surface area contributed by atoms with Gasteiger partial charge in [0.1, 0.15) is 0 Å². The molecule has 0 aromatic carbocycles. The first-order valence-corrected chi connectivity index (χ1v) is 4.63. The molecule has 0 atom stereocenters. The molecule has 1 aromatic rings. The van der Waals surface area contributed by atoms with Gasteiger partial charge in [0, 0.05) is 18.9 Å². The van der Waals surface area contributed by atoms with Gasteiger partial charge in [0.25, 0.3) is 0 Å². The normalized spacial score (nSPS) is 15.5. The lowest BCUT2D eigenvalue weighted by Gasteiger charge is -1.96. The van der Waals surface area contributed by atoms with Crippen molar-refractivity contribution in [3.05, 3.63) is 5.89 Å². The summed E-state index contributed by atoms with van der Waals surface area (Å²) in [5, 5.41) is 10.0. The zero-order valence-electron chi connectivity index (χ0n) is 7.69. The van der Waals surface area contributed by atoms with Crippen LogP contribution in [0.5, 0.6) is 0 Å². The van der Waals surface area contributed by atoms with Crippen molar-refractivity contribution in [2.75, 3.05) is 11.9 Å². The Morgan fingerprint density at radius 3 is 3.00 bits per heavy atom. The fourth-order valence-corrected chi connectivity index (χ4v) is 1.09. The summed E-state index contributed by atoms with van der Waals surface area (Å²) in [6, 6.07) is 0.172. The molecule has 0 spiro atoms. The van der Waals surface area contributed by atoms with Crippen LogP contribution >= 0.6 is 0 Å². The van der Waals surface area contributed by atoms with Gasteiger partial charge in [-0.15, -0.1) is 5.10 Å². The number of nitrogens with one attached hydrogen (secondary N) is 1. The van der Waals surface area contributed by atoms with Gasteiger partial charge in [0.2, 0.25) is 11.8 Å². The molecule has 1 fully saturated rings. The number of anilines is 1. The molecule has 0 bridgehead atoms. The van der Waals surface area contributed by atoms with Crippen molar-refractivity contribution in [3.63, 3.8) is 0 Å². The van der Waals surface area contributed by atoms with E-state index in [4.69, 9.17) is 10.2 Å². The van der Waals surface area contributed by atoms with E-state index in [0.717, 1.165) is 12.8 Å². The average Bonchev–Trinajstić information content (AvgIpc) is 2.89. The number of hydrogen-bond donors (Lipinski definition) is 2. The van der Waals surface area contributed by atoms with Crippen LogP contribution in [0.4, 0.5) is 6.01 Å². The molecule has 6 nitrogen and oxygen atoms in total. The third-order valence-electron chi connectivity index (χ3n) is 1.98. The number of carbonyl (C=O) groups excluding carboxylic acids is 1. The first-order valence-electron chi connectivity index (χ1n) is 4.63. The molecule has 0 aliphatic heterocycles. The average molecular weight is 196 g/mol. The van der Waals surface area contributed by atoms with Gasteiger partial charge in [-0.05, 0) is 12.8 Å². The van der Waals surface area contributed by atoms with Crippen LogP contribution in [0.3, 0.4) is 0 Å². The van der Waals surface area contributed by atoms with Gasteiger partial charge in [-0.2, -0.15) is 0 Å². The Hall–Kier alpha value is -1.43. The molecule has 1 heterocycles. The van der Waals surface area contributed by atoms with Gasteiger partial charge in [0.05, 0.1) is 0 Å². The Balaban J connectivity index is 1.92. The highest BCUT2D eigenvalue weighted by Gasteiger charge is 2.29. The molecule has 6 heteroatoms. The summed E-state index contributed by atoms with van der Waals surface area (Å²) in [5.74, 6) is 0.828.